The molecule has 2 heterocycles. The summed E-state index contributed by atoms with van der Waals surface area (Å²) in [5, 5.41) is 0. The van der Waals surface area contributed by atoms with Crippen LogP contribution in [0.2, 0.25) is 0 Å². The summed E-state index contributed by atoms with van der Waals surface area (Å²) in [7, 11) is 1.67. The Balaban J connectivity index is 1.42. The van der Waals surface area contributed by atoms with Gasteiger partial charge in [-0.25, -0.2) is 9.97 Å². The van der Waals surface area contributed by atoms with Crippen molar-refractivity contribution in [2.45, 2.75) is 0 Å². The van der Waals surface area contributed by atoms with Gasteiger partial charge < -0.3 is 14.7 Å². The van der Waals surface area contributed by atoms with E-state index in [1.165, 1.54) is 0 Å². The maximum absolute atomic E-state index is 5.56. The quantitative estimate of drug-likeness (QED) is 0.372. The SMILES string of the molecule is COc1cc(C=Cc2cccc(-c3nc4ccccc4[nH]3)c2)ccc1-c1ncc[nH]1. The van der Waals surface area contributed by atoms with Gasteiger partial charge in [0.2, 0.25) is 0 Å². The van der Waals surface area contributed by atoms with Crippen LogP contribution in [0, 0.1) is 0 Å². The lowest BCUT2D eigenvalue weighted by atomic mass is 10.1. The van der Waals surface area contributed by atoms with Crippen molar-refractivity contribution in [3.05, 3.63) is 90.3 Å². The molecule has 5 nitrogen and oxygen atoms in total. The van der Waals surface area contributed by atoms with Crippen LogP contribution in [0.25, 0.3) is 46.0 Å². The molecule has 2 N–H and O–H groups in total. The van der Waals surface area contributed by atoms with Gasteiger partial charge in [-0.15, -0.1) is 0 Å². The van der Waals surface area contributed by atoms with Crippen LogP contribution in [0.15, 0.2) is 79.1 Å². The Bertz CT molecular complexity index is 1300. The third-order valence-corrected chi connectivity index (χ3v) is 5.00. The number of fused-ring (bicyclic) bond motifs is 1. The van der Waals surface area contributed by atoms with Crippen LogP contribution in [-0.4, -0.2) is 27.0 Å². The number of imidazole rings is 2. The summed E-state index contributed by atoms with van der Waals surface area (Å²) in [4.78, 5) is 15.5. The number of nitrogens with one attached hydrogen (secondary N) is 2. The highest BCUT2D eigenvalue weighted by atomic mass is 16.5. The highest BCUT2D eigenvalue weighted by Gasteiger charge is 2.08. The molecule has 5 rings (SSSR count). The van der Waals surface area contributed by atoms with Crippen molar-refractivity contribution in [1.29, 1.82) is 0 Å². The smallest absolute Gasteiger partial charge is 0.141 e. The summed E-state index contributed by atoms with van der Waals surface area (Å²) in [5.41, 5.74) is 6.15. The standard InChI is InChI=1S/C25H20N4O/c1-30-23-16-18(11-12-20(23)25-26-13-14-27-25)10-9-17-5-4-6-19(15-17)24-28-21-7-2-3-8-22(21)29-24/h2-16H,1H3,(H,26,27)(H,28,29). The molecule has 5 aromatic rings. The second-order valence-electron chi connectivity index (χ2n) is 6.96. The highest BCUT2D eigenvalue weighted by molar-refractivity contribution is 5.80. The Morgan fingerprint density at radius 3 is 2.53 bits per heavy atom. The number of hydrogen-bond donors (Lipinski definition) is 2. The largest absolute Gasteiger partial charge is 0.496 e. The fourth-order valence-electron chi connectivity index (χ4n) is 3.49. The van der Waals surface area contributed by atoms with E-state index < -0.39 is 0 Å². The fraction of sp³-hybridized carbons (Fsp3) is 0.0400. The third-order valence-electron chi connectivity index (χ3n) is 5.00. The molecule has 5 heteroatoms. The molecule has 0 unspecified atom stereocenters. The van der Waals surface area contributed by atoms with E-state index in [1.54, 1.807) is 19.5 Å². The predicted molar refractivity (Wildman–Crippen MR) is 121 cm³/mol. The summed E-state index contributed by atoms with van der Waals surface area (Å²) in [5.74, 6) is 2.44. The molecule has 0 aliphatic rings. The molecule has 0 aliphatic heterocycles. The van der Waals surface area contributed by atoms with Gasteiger partial charge >= 0.3 is 0 Å². The van der Waals surface area contributed by atoms with Crippen molar-refractivity contribution in [3.8, 4) is 28.5 Å². The zero-order chi connectivity index (χ0) is 20.3. The van der Waals surface area contributed by atoms with Gasteiger partial charge in [0, 0.05) is 18.0 Å². The van der Waals surface area contributed by atoms with Gasteiger partial charge in [-0.2, -0.15) is 0 Å². The molecular formula is C25H20N4O. The Hall–Kier alpha value is -4.12. The van der Waals surface area contributed by atoms with Crippen molar-refractivity contribution < 1.29 is 4.74 Å². The second-order valence-corrected chi connectivity index (χ2v) is 6.96. The van der Waals surface area contributed by atoms with E-state index >= 15 is 0 Å². The van der Waals surface area contributed by atoms with Gasteiger partial charge in [0.05, 0.1) is 23.7 Å². The van der Waals surface area contributed by atoms with Crippen molar-refractivity contribution in [2.24, 2.45) is 0 Å². The molecule has 0 bridgehead atoms. The Kier molecular flexibility index (Phi) is 4.62. The Morgan fingerprint density at radius 1 is 0.867 bits per heavy atom. The summed E-state index contributed by atoms with van der Waals surface area (Å²) in [6.45, 7) is 0. The average molecular weight is 392 g/mol. The number of methoxy groups -OCH3 is 1. The first-order chi connectivity index (χ1) is 14.8. The van der Waals surface area contributed by atoms with Crippen molar-refractivity contribution in [1.82, 2.24) is 19.9 Å². The van der Waals surface area contributed by atoms with E-state index in [1.807, 2.05) is 42.5 Å². The molecule has 0 saturated carbocycles. The van der Waals surface area contributed by atoms with Crippen molar-refractivity contribution >= 4 is 23.2 Å². The van der Waals surface area contributed by atoms with E-state index in [-0.39, 0.29) is 0 Å². The van der Waals surface area contributed by atoms with Crippen LogP contribution < -0.4 is 4.74 Å². The maximum atomic E-state index is 5.56. The highest BCUT2D eigenvalue weighted by Crippen LogP contribution is 2.29. The van der Waals surface area contributed by atoms with E-state index in [4.69, 9.17) is 9.72 Å². The van der Waals surface area contributed by atoms with Gasteiger partial charge in [0.15, 0.2) is 0 Å². The number of benzene rings is 3. The monoisotopic (exact) mass is 392 g/mol. The van der Waals surface area contributed by atoms with Gasteiger partial charge in [0.25, 0.3) is 0 Å². The van der Waals surface area contributed by atoms with Crippen LogP contribution >= 0.6 is 0 Å². The van der Waals surface area contributed by atoms with E-state index in [0.29, 0.717) is 0 Å². The Morgan fingerprint density at radius 2 is 1.73 bits per heavy atom. The topological polar surface area (TPSA) is 66.6 Å². The number of para-hydroxylation sites is 2. The van der Waals surface area contributed by atoms with Gasteiger partial charge in [-0.3, -0.25) is 0 Å². The molecule has 2 aromatic heterocycles. The van der Waals surface area contributed by atoms with E-state index in [9.17, 15) is 0 Å². The maximum Gasteiger partial charge on any atom is 0.141 e. The van der Waals surface area contributed by atoms with E-state index in [2.05, 4.69) is 51.4 Å². The third kappa shape index (κ3) is 3.49. The molecule has 0 fully saturated rings. The molecule has 0 spiro atoms. The fourth-order valence-corrected chi connectivity index (χ4v) is 3.49. The molecule has 0 aliphatic carbocycles. The number of ether oxygens (including phenoxy) is 1. The van der Waals surface area contributed by atoms with Crippen LogP contribution in [0.4, 0.5) is 0 Å². The average Bonchev–Trinajstić information content (AvgIpc) is 3.48. The Labute approximate surface area is 174 Å². The van der Waals surface area contributed by atoms with Crippen LogP contribution in [-0.2, 0) is 0 Å². The summed E-state index contributed by atoms with van der Waals surface area (Å²) >= 11 is 0. The number of nitrogens with zero attached hydrogens (tertiary/aromatic N) is 2. The number of aromatic nitrogens is 4. The predicted octanol–water partition coefficient (Wildman–Crippen LogP) is 5.80. The molecule has 0 atom stereocenters. The molecular weight excluding hydrogens is 372 g/mol. The minimum absolute atomic E-state index is 0.781. The first kappa shape index (κ1) is 17.9. The molecule has 146 valence electrons. The van der Waals surface area contributed by atoms with Crippen molar-refractivity contribution in [3.63, 3.8) is 0 Å². The van der Waals surface area contributed by atoms with Crippen molar-refractivity contribution in [2.75, 3.05) is 7.11 Å². The zero-order valence-corrected chi connectivity index (χ0v) is 16.5. The van der Waals surface area contributed by atoms with Crippen LogP contribution in [0.1, 0.15) is 11.1 Å². The number of H-pyrrole nitrogens is 2. The second kappa shape index (κ2) is 7.72. The molecule has 3 aromatic carbocycles. The van der Waals surface area contributed by atoms with Gasteiger partial charge in [-0.1, -0.05) is 48.6 Å². The molecule has 0 radical (unpaired) electrons. The molecule has 0 saturated heterocycles. The first-order valence-electron chi connectivity index (χ1n) is 9.71. The number of hydrogen-bond acceptors (Lipinski definition) is 3. The summed E-state index contributed by atoms with van der Waals surface area (Å²) in [6, 6.07) is 22.5. The lowest BCUT2D eigenvalue weighted by Gasteiger charge is -2.07. The minimum atomic E-state index is 0.781. The lowest BCUT2D eigenvalue weighted by molar-refractivity contribution is 0.416. The molecule has 30 heavy (non-hydrogen) atoms. The first-order valence-corrected chi connectivity index (χ1v) is 9.71. The zero-order valence-electron chi connectivity index (χ0n) is 16.5. The lowest BCUT2D eigenvalue weighted by Crippen LogP contribution is -1.90. The van der Waals surface area contributed by atoms with Crippen LogP contribution in [0.3, 0.4) is 0 Å². The summed E-state index contributed by atoms with van der Waals surface area (Å²) in [6.07, 6.45) is 7.70. The van der Waals surface area contributed by atoms with Gasteiger partial charge in [0.1, 0.15) is 17.4 Å². The summed E-state index contributed by atoms with van der Waals surface area (Å²) < 4.78 is 5.56. The van der Waals surface area contributed by atoms with E-state index in [0.717, 1.165) is 50.7 Å². The van der Waals surface area contributed by atoms with Crippen LogP contribution in [0.5, 0.6) is 5.75 Å². The number of rotatable bonds is 5. The number of aromatic amines is 2. The minimum Gasteiger partial charge on any atom is -0.496 e. The normalized spacial score (nSPS) is 11.4. The van der Waals surface area contributed by atoms with Gasteiger partial charge in [-0.05, 0) is 41.5 Å². The molecule has 0 amide bonds.